The molecule has 1 unspecified atom stereocenters. The van der Waals surface area contributed by atoms with Gasteiger partial charge in [0.05, 0.1) is 23.3 Å². The predicted molar refractivity (Wildman–Crippen MR) is 100 cm³/mol. The first-order valence-electron chi connectivity index (χ1n) is 6.24. The van der Waals surface area contributed by atoms with E-state index in [-0.39, 0.29) is 17.5 Å². The van der Waals surface area contributed by atoms with Crippen LogP contribution in [-0.2, 0) is 9.59 Å². The van der Waals surface area contributed by atoms with Crippen LogP contribution >= 0.6 is 50.3 Å². The number of hydrogen-bond acceptors (Lipinski definition) is 6. The lowest BCUT2D eigenvalue weighted by Crippen LogP contribution is -2.26. The summed E-state index contributed by atoms with van der Waals surface area (Å²) in [6.45, 7) is 0. The van der Waals surface area contributed by atoms with E-state index in [0.29, 0.717) is 5.75 Å². The van der Waals surface area contributed by atoms with Crippen LogP contribution in [0.2, 0.25) is 0 Å². The summed E-state index contributed by atoms with van der Waals surface area (Å²) in [5.41, 5.74) is 0.729. The number of benzene rings is 1. The van der Waals surface area contributed by atoms with Gasteiger partial charge >= 0.3 is 5.97 Å². The van der Waals surface area contributed by atoms with Gasteiger partial charge in [-0.2, -0.15) is 5.10 Å². The Morgan fingerprint density at radius 2 is 2.35 bits per heavy atom. The first-order valence-corrected chi connectivity index (χ1v) is 8.99. The Hall–Kier alpha value is -1.14. The minimum atomic E-state index is -1.03. The summed E-state index contributed by atoms with van der Waals surface area (Å²) in [4.78, 5) is 22.2. The van der Waals surface area contributed by atoms with Crippen LogP contribution in [0.4, 0.5) is 0 Å². The number of halogens is 2. The Morgan fingerprint density at radius 1 is 1.61 bits per heavy atom. The highest BCUT2D eigenvalue weighted by Gasteiger charge is 2.32. The standard InChI is InChI=1S/C13H11BrIN3O4S/c1-22-11-6(2-7(14)3-8(11)15)5-16-18-13-17-12(21)9(23-13)4-10(19)20/h2-3,5,9H,4H2,1H3,(H,19,20)(H,17,18,21). The molecule has 0 radical (unpaired) electrons. The summed E-state index contributed by atoms with van der Waals surface area (Å²) >= 11 is 6.60. The minimum absolute atomic E-state index is 0.253. The van der Waals surface area contributed by atoms with Gasteiger partial charge in [0.2, 0.25) is 5.91 Å². The number of amidine groups is 1. The Morgan fingerprint density at radius 3 is 3.00 bits per heavy atom. The molecule has 1 saturated heterocycles. The van der Waals surface area contributed by atoms with Crippen molar-refractivity contribution in [2.45, 2.75) is 11.7 Å². The number of thioether (sulfide) groups is 1. The van der Waals surface area contributed by atoms with Crippen LogP contribution in [0, 0.1) is 3.57 Å². The molecule has 2 rings (SSSR count). The summed E-state index contributed by atoms with van der Waals surface area (Å²) in [6.07, 6.45) is 1.26. The molecule has 1 atom stereocenters. The van der Waals surface area contributed by atoms with Gasteiger partial charge in [-0.3, -0.25) is 9.59 Å². The fourth-order valence-corrected chi connectivity index (χ4v) is 4.47. The quantitative estimate of drug-likeness (QED) is 0.359. The van der Waals surface area contributed by atoms with Crippen molar-refractivity contribution in [1.82, 2.24) is 5.32 Å². The van der Waals surface area contributed by atoms with E-state index in [2.05, 4.69) is 54.0 Å². The number of carboxylic acids is 1. The fourth-order valence-electron chi connectivity index (χ4n) is 1.78. The molecule has 0 saturated carbocycles. The van der Waals surface area contributed by atoms with E-state index in [1.807, 2.05) is 12.1 Å². The van der Waals surface area contributed by atoms with Crippen molar-refractivity contribution in [1.29, 1.82) is 0 Å². The number of aliphatic carboxylic acids is 1. The molecule has 7 nitrogen and oxygen atoms in total. The molecule has 122 valence electrons. The molecule has 0 aromatic heterocycles. The van der Waals surface area contributed by atoms with E-state index >= 15 is 0 Å². The molecule has 1 amide bonds. The second kappa shape index (κ2) is 8.11. The van der Waals surface area contributed by atoms with Gasteiger partial charge < -0.3 is 15.2 Å². The third-order valence-electron chi connectivity index (χ3n) is 2.72. The summed E-state index contributed by atoms with van der Waals surface area (Å²) in [6, 6.07) is 3.74. The molecule has 1 aromatic carbocycles. The van der Waals surface area contributed by atoms with E-state index in [1.165, 1.54) is 6.21 Å². The molecule has 2 N–H and O–H groups in total. The number of nitrogens with one attached hydrogen (secondary N) is 1. The van der Waals surface area contributed by atoms with E-state index in [0.717, 1.165) is 25.4 Å². The number of methoxy groups -OCH3 is 1. The number of rotatable bonds is 5. The number of carbonyl (C=O) groups excluding carboxylic acids is 1. The van der Waals surface area contributed by atoms with Crippen molar-refractivity contribution in [3.05, 3.63) is 25.7 Å². The van der Waals surface area contributed by atoms with E-state index in [9.17, 15) is 9.59 Å². The van der Waals surface area contributed by atoms with Crippen molar-refractivity contribution in [2.24, 2.45) is 10.2 Å². The highest BCUT2D eigenvalue weighted by Crippen LogP contribution is 2.28. The Balaban J connectivity index is 2.13. The van der Waals surface area contributed by atoms with Gasteiger partial charge in [-0.15, -0.1) is 5.10 Å². The molecular formula is C13H11BrIN3O4S. The predicted octanol–water partition coefficient (Wildman–Crippen LogP) is 2.46. The number of carbonyl (C=O) groups is 2. The maximum absolute atomic E-state index is 11.6. The summed E-state index contributed by atoms with van der Waals surface area (Å²) in [5, 5.41) is 18.7. The van der Waals surface area contributed by atoms with Crippen LogP contribution < -0.4 is 10.1 Å². The average molecular weight is 512 g/mol. The molecule has 1 aliphatic heterocycles. The fraction of sp³-hybridized carbons (Fsp3) is 0.231. The zero-order valence-electron chi connectivity index (χ0n) is 11.7. The first-order chi connectivity index (χ1) is 10.9. The van der Waals surface area contributed by atoms with Gasteiger partial charge in [0.1, 0.15) is 11.0 Å². The SMILES string of the molecule is COc1c(I)cc(Br)cc1C=NN=C1NC(=O)C(CC(=O)O)S1. The first kappa shape index (κ1) is 18.2. The molecular weight excluding hydrogens is 501 g/mol. The third-order valence-corrected chi connectivity index (χ3v) is 5.05. The minimum Gasteiger partial charge on any atom is -0.495 e. The second-order valence-corrected chi connectivity index (χ2v) is 7.62. The molecule has 1 aliphatic rings. The monoisotopic (exact) mass is 511 g/mol. The van der Waals surface area contributed by atoms with Crippen molar-refractivity contribution in [2.75, 3.05) is 7.11 Å². The van der Waals surface area contributed by atoms with E-state index < -0.39 is 11.2 Å². The van der Waals surface area contributed by atoms with Crippen LogP contribution in [-0.4, -0.2) is 40.7 Å². The Labute approximate surface area is 158 Å². The van der Waals surface area contributed by atoms with Crippen molar-refractivity contribution in [3.8, 4) is 5.75 Å². The number of amides is 1. The summed E-state index contributed by atoms with van der Waals surface area (Å²) in [5.74, 6) is -0.735. The highest BCUT2D eigenvalue weighted by atomic mass is 127. The topological polar surface area (TPSA) is 100 Å². The number of nitrogens with zero attached hydrogens (tertiary/aromatic N) is 2. The van der Waals surface area contributed by atoms with Crippen LogP contribution in [0.25, 0.3) is 0 Å². The van der Waals surface area contributed by atoms with Crippen LogP contribution in [0.15, 0.2) is 26.8 Å². The average Bonchev–Trinajstić information content (AvgIpc) is 2.78. The van der Waals surface area contributed by atoms with Gasteiger partial charge in [0.15, 0.2) is 5.17 Å². The Bertz CT molecular complexity index is 711. The number of hydrogen-bond donors (Lipinski definition) is 2. The smallest absolute Gasteiger partial charge is 0.305 e. The summed E-state index contributed by atoms with van der Waals surface area (Å²) in [7, 11) is 1.57. The second-order valence-electron chi connectivity index (χ2n) is 4.35. The molecule has 1 heterocycles. The maximum atomic E-state index is 11.6. The van der Waals surface area contributed by atoms with Gasteiger partial charge in [-0.25, -0.2) is 0 Å². The maximum Gasteiger partial charge on any atom is 0.305 e. The molecule has 0 spiro atoms. The normalized spacial score (nSPS) is 19.3. The Kier molecular flexibility index (Phi) is 6.41. The van der Waals surface area contributed by atoms with Gasteiger partial charge in [-0.05, 0) is 34.7 Å². The van der Waals surface area contributed by atoms with E-state index in [1.54, 1.807) is 7.11 Å². The zero-order chi connectivity index (χ0) is 17.0. The van der Waals surface area contributed by atoms with Crippen molar-refractivity contribution >= 4 is 73.5 Å². The van der Waals surface area contributed by atoms with Crippen molar-refractivity contribution in [3.63, 3.8) is 0 Å². The zero-order valence-corrected chi connectivity index (χ0v) is 16.3. The van der Waals surface area contributed by atoms with E-state index in [4.69, 9.17) is 9.84 Å². The number of carboxylic acid groups (broad SMARTS) is 1. The molecule has 1 fully saturated rings. The van der Waals surface area contributed by atoms with Gasteiger partial charge in [0, 0.05) is 10.0 Å². The largest absolute Gasteiger partial charge is 0.495 e. The van der Waals surface area contributed by atoms with Gasteiger partial charge in [-0.1, -0.05) is 27.7 Å². The van der Waals surface area contributed by atoms with Crippen LogP contribution in [0.1, 0.15) is 12.0 Å². The molecule has 1 aromatic rings. The lowest BCUT2D eigenvalue weighted by Gasteiger charge is -2.07. The lowest BCUT2D eigenvalue weighted by molar-refractivity contribution is -0.138. The third kappa shape index (κ3) is 4.91. The van der Waals surface area contributed by atoms with Crippen LogP contribution in [0.5, 0.6) is 5.75 Å². The van der Waals surface area contributed by atoms with Crippen molar-refractivity contribution < 1.29 is 19.4 Å². The highest BCUT2D eigenvalue weighted by molar-refractivity contribution is 14.1. The molecule has 10 heteroatoms. The molecule has 0 aliphatic carbocycles. The molecule has 0 bridgehead atoms. The van der Waals surface area contributed by atoms with Crippen LogP contribution in [0.3, 0.4) is 0 Å². The van der Waals surface area contributed by atoms with Gasteiger partial charge in [0.25, 0.3) is 0 Å². The summed E-state index contributed by atoms with van der Waals surface area (Å²) < 4.78 is 7.12. The lowest BCUT2D eigenvalue weighted by atomic mass is 10.2. The molecule has 23 heavy (non-hydrogen) atoms. The number of ether oxygens (including phenoxy) is 1.